The van der Waals surface area contributed by atoms with Crippen LogP contribution in [0.3, 0.4) is 0 Å². The molecule has 1 saturated carbocycles. The lowest BCUT2D eigenvalue weighted by atomic mass is 9.87. The Labute approximate surface area is 171 Å². The second-order valence-electron chi connectivity index (χ2n) is 7.74. The summed E-state index contributed by atoms with van der Waals surface area (Å²) in [6, 6.07) is 12.5. The lowest BCUT2D eigenvalue weighted by Crippen LogP contribution is -2.13. The summed E-state index contributed by atoms with van der Waals surface area (Å²) in [5, 5.41) is 4.05. The molecular formula is C24H27NO4. The summed E-state index contributed by atoms with van der Waals surface area (Å²) in [5.74, 6) is 1.19. The Morgan fingerprint density at radius 1 is 0.966 bits per heavy atom. The molecule has 0 atom stereocenters. The predicted octanol–water partition coefficient (Wildman–Crippen LogP) is 5.29. The Bertz CT molecular complexity index is 928. The Hall–Kier alpha value is -2.82. The number of ether oxygens (including phenoxy) is 2. The molecule has 0 spiro atoms. The number of hydrogen-bond donors (Lipinski definition) is 0. The van der Waals surface area contributed by atoms with Crippen LogP contribution in [-0.2, 0) is 16.1 Å². The van der Waals surface area contributed by atoms with Gasteiger partial charge in [-0.05, 0) is 73.8 Å². The third-order valence-electron chi connectivity index (χ3n) is 5.65. The molecule has 0 amide bonds. The Balaban J connectivity index is 1.63. The van der Waals surface area contributed by atoms with E-state index in [9.17, 15) is 4.79 Å². The summed E-state index contributed by atoms with van der Waals surface area (Å²) in [5.41, 5.74) is 5.38. The van der Waals surface area contributed by atoms with Gasteiger partial charge in [0.2, 0.25) is 0 Å². The van der Waals surface area contributed by atoms with Gasteiger partial charge in [-0.2, -0.15) is 0 Å². The van der Waals surface area contributed by atoms with Crippen LogP contribution in [0.2, 0.25) is 0 Å². The maximum absolute atomic E-state index is 11.1. The molecule has 0 saturated heterocycles. The van der Waals surface area contributed by atoms with Gasteiger partial charge in [0.25, 0.3) is 0 Å². The summed E-state index contributed by atoms with van der Waals surface area (Å²) < 4.78 is 11.8. The number of oxime groups is 1. The van der Waals surface area contributed by atoms with Crippen molar-refractivity contribution in [1.29, 1.82) is 0 Å². The quantitative estimate of drug-likeness (QED) is 0.512. The van der Waals surface area contributed by atoms with Crippen LogP contribution in [0.4, 0.5) is 0 Å². The number of methoxy groups -OCH3 is 1. The number of carbonyl (C=O) groups excluding carboxylic acids is 1. The van der Waals surface area contributed by atoms with Crippen LogP contribution < -0.4 is 9.47 Å². The van der Waals surface area contributed by atoms with E-state index in [0.29, 0.717) is 0 Å². The first kappa shape index (κ1) is 19.5. The van der Waals surface area contributed by atoms with E-state index in [-0.39, 0.29) is 6.10 Å². The number of carbonyl (C=O) groups is 1. The molecule has 152 valence electrons. The van der Waals surface area contributed by atoms with Crippen molar-refractivity contribution in [2.75, 3.05) is 7.11 Å². The van der Waals surface area contributed by atoms with E-state index in [4.69, 9.17) is 14.3 Å². The van der Waals surface area contributed by atoms with Crippen LogP contribution in [-0.4, -0.2) is 24.9 Å². The van der Waals surface area contributed by atoms with Crippen molar-refractivity contribution in [3.05, 3.63) is 47.5 Å². The fraction of sp³-hybridized carbons (Fsp3) is 0.417. The molecule has 2 aliphatic carbocycles. The number of hydrogen-bond acceptors (Lipinski definition) is 5. The number of fused-ring (bicyclic) bond motifs is 1. The van der Waals surface area contributed by atoms with Crippen molar-refractivity contribution in [2.45, 2.75) is 58.0 Å². The fourth-order valence-corrected chi connectivity index (χ4v) is 4.19. The molecule has 0 heterocycles. The fourth-order valence-electron chi connectivity index (χ4n) is 4.19. The highest BCUT2D eigenvalue weighted by Gasteiger charge is 2.20. The molecule has 0 N–H and O–H groups in total. The molecule has 5 nitrogen and oxygen atoms in total. The molecule has 29 heavy (non-hydrogen) atoms. The zero-order valence-corrected chi connectivity index (χ0v) is 17.1. The van der Waals surface area contributed by atoms with Crippen molar-refractivity contribution in [1.82, 2.24) is 0 Å². The average Bonchev–Trinajstić information content (AvgIpc) is 3.24. The SMILES string of the molecule is COc1ccc(-c2ccc3c(c2)CCC/C3=N\OC(C)=O)cc1OC1CCCC1. The second kappa shape index (κ2) is 8.68. The summed E-state index contributed by atoms with van der Waals surface area (Å²) in [4.78, 5) is 16.0. The van der Waals surface area contributed by atoms with Gasteiger partial charge in [-0.1, -0.05) is 29.4 Å². The maximum Gasteiger partial charge on any atom is 0.331 e. The zero-order valence-electron chi connectivity index (χ0n) is 17.1. The Morgan fingerprint density at radius 3 is 2.48 bits per heavy atom. The minimum absolute atomic E-state index is 0.280. The van der Waals surface area contributed by atoms with Crippen molar-refractivity contribution in [3.63, 3.8) is 0 Å². The monoisotopic (exact) mass is 393 g/mol. The van der Waals surface area contributed by atoms with Crippen molar-refractivity contribution < 1.29 is 19.1 Å². The largest absolute Gasteiger partial charge is 0.493 e. The van der Waals surface area contributed by atoms with Gasteiger partial charge in [-0.3, -0.25) is 0 Å². The van der Waals surface area contributed by atoms with Crippen LogP contribution in [0, 0.1) is 0 Å². The van der Waals surface area contributed by atoms with E-state index in [2.05, 4.69) is 35.5 Å². The molecular weight excluding hydrogens is 366 g/mol. The lowest BCUT2D eigenvalue weighted by Gasteiger charge is -2.19. The van der Waals surface area contributed by atoms with E-state index in [1.165, 1.54) is 25.3 Å². The van der Waals surface area contributed by atoms with Crippen LogP contribution >= 0.6 is 0 Å². The van der Waals surface area contributed by atoms with Crippen LogP contribution in [0.25, 0.3) is 11.1 Å². The number of aryl methyl sites for hydroxylation is 1. The van der Waals surface area contributed by atoms with Gasteiger partial charge < -0.3 is 14.3 Å². The molecule has 0 aromatic heterocycles. The van der Waals surface area contributed by atoms with E-state index < -0.39 is 5.97 Å². The van der Waals surface area contributed by atoms with Gasteiger partial charge in [0.15, 0.2) is 11.5 Å². The minimum Gasteiger partial charge on any atom is -0.493 e. The van der Waals surface area contributed by atoms with Gasteiger partial charge >= 0.3 is 5.97 Å². The highest BCUT2D eigenvalue weighted by atomic mass is 16.7. The smallest absolute Gasteiger partial charge is 0.331 e. The Morgan fingerprint density at radius 2 is 1.72 bits per heavy atom. The summed E-state index contributed by atoms with van der Waals surface area (Å²) >= 11 is 0. The van der Waals surface area contributed by atoms with Crippen LogP contribution in [0.5, 0.6) is 11.5 Å². The first-order valence-electron chi connectivity index (χ1n) is 10.4. The summed E-state index contributed by atoms with van der Waals surface area (Å²) in [6.07, 6.45) is 7.76. The van der Waals surface area contributed by atoms with Crippen LogP contribution in [0.15, 0.2) is 41.6 Å². The highest BCUT2D eigenvalue weighted by Crippen LogP contribution is 2.36. The summed E-state index contributed by atoms with van der Waals surface area (Å²) in [6.45, 7) is 1.37. The molecule has 1 fully saturated rings. The zero-order chi connectivity index (χ0) is 20.2. The number of benzene rings is 2. The van der Waals surface area contributed by atoms with Gasteiger partial charge in [-0.25, -0.2) is 4.79 Å². The Kier molecular flexibility index (Phi) is 5.84. The number of nitrogens with zero attached hydrogens (tertiary/aromatic N) is 1. The van der Waals surface area contributed by atoms with Gasteiger partial charge in [0.05, 0.1) is 18.9 Å². The van der Waals surface area contributed by atoms with E-state index >= 15 is 0 Å². The van der Waals surface area contributed by atoms with Gasteiger partial charge in [0, 0.05) is 12.5 Å². The van der Waals surface area contributed by atoms with Crippen molar-refractivity contribution >= 4 is 11.7 Å². The standard InChI is InChI=1S/C24H27NO4/c1-16(26)29-25-22-9-5-6-19-14-17(10-12-21(19)22)18-11-13-23(27-2)24(15-18)28-20-7-3-4-8-20/h10-15,20H,3-9H2,1-2H3/b25-22+. The minimum atomic E-state index is -0.394. The average molecular weight is 393 g/mol. The highest BCUT2D eigenvalue weighted by molar-refractivity contribution is 6.03. The second-order valence-corrected chi connectivity index (χ2v) is 7.74. The topological polar surface area (TPSA) is 57.1 Å². The molecule has 2 aliphatic rings. The molecule has 2 aromatic carbocycles. The predicted molar refractivity (Wildman–Crippen MR) is 113 cm³/mol. The number of rotatable bonds is 5. The van der Waals surface area contributed by atoms with E-state index in [1.807, 2.05) is 6.07 Å². The normalized spacial score (nSPS) is 17.8. The molecule has 0 radical (unpaired) electrons. The summed E-state index contributed by atoms with van der Waals surface area (Å²) in [7, 11) is 1.68. The van der Waals surface area contributed by atoms with Gasteiger partial charge in [0.1, 0.15) is 0 Å². The molecule has 5 heteroatoms. The molecule has 0 aliphatic heterocycles. The first-order valence-corrected chi connectivity index (χ1v) is 10.4. The molecule has 4 rings (SSSR count). The molecule has 0 unspecified atom stereocenters. The third-order valence-corrected chi connectivity index (χ3v) is 5.65. The van der Waals surface area contributed by atoms with Crippen LogP contribution in [0.1, 0.15) is 56.6 Å². The maximum atomic E-state index is 11.1. The molecule has 0 bridgehead atoms. The van der Waals surface area contributed by atoms with E-state index in [1.54, 1.807) is 7.11 Å². The lowest BCUT2D eigenvalue weighted by molar-refractivity contribution is -0.140. The molecule has 2 aromatic rings. The van der Waals surface area contributed by atoms with E-state index in [0.717, 1.165) is 66.0 Å². The first-order chi connectivity index (χ1) is 14.1. The van der Waals surface area contributed by atoms with Crippen molar-refractivity contribution in [2.24, 2.45) is 5.16 Å². The third kappa shape index (κ3) is 4.44. The van der Waals surface area contributed by atoms with Crippen molar-refractivity contribution in [3.8, 4) is 22.6 Å². The van der Waals surface area contributed by atoms with Gasteiger partial charge in [-0.15, -0.1) is 0 Å².